The van der Waals surface area contributed by atoms with Gasteiger partial charge in [0.1, 0.15) is 0 Å². The van der Waals surface area contributed by atoms with Crippen molar-refractivity contribution >= 4 is 11.9 Å². The molecule has 0 aromatic heterocycles. The first-order valence-corrected chi connectivity index (χ1v) is 21.6. The van der Waals surface area contributed by atoms with Crippen molar-refractivity contribution in [3.63, 3.8) is 0 Å². The summed E-state index contributed by atoms with van der Waals surface area (Å²) in [6, 6.07) is -0.650. The molecule has 0 bridgehead atoms. The molecule has 0 aliphatic heterocycles. The molecule has 0 rings (SSSR count). The van der Waals surface area contributed by atoms with Gasteiger partial charge in [-0.25, -0.2) is 0 Å². The molecule has 294 valence electrons. The van der Waals surface area contributed by atoms with Gasteiger partial charge in [-0.15, -0.1) is 0 Å². The Balaban J connectivity index is 3.58. The van der Waals surface area contributed by atoms with E-state index in [0.29, 0.717) is 19.4 Å². The third-order valence-corrected chi connectivity index (χ3v) is 9.72. The van der Waals surface area contributed by atoms with E-state index >= 15 is 0 Å². The van der Waals surface area contributed by atoms with E-state index in [1.165, 1.54) is 116 Å². The van der Waals surface area contributed by atoms with E-state index in [4.69, 9.17) is 4.74 Å². The molecule has 3 N–H and O–H groups in total. The number of esters is 1. The average molecular weight is 706 g/mol. The number of amides is 1. The maximum Gasteiger partial charge on any atom is 0.305 e. The molecule has 6 heteroatoms. The van der Waals surface area contributed by atoms with E-state index in [0.717, 1.165) is 77.0 Å². The van der Waals surface area contributed by atoms with Gasteiger partial charge in [-0.2, -0.15) is 0 Å². The highest BCUT2D eigenvalue weighted by Crippen LogP contribution is 2.14. The van der Waals surface area contributed by atoms with E-state index in [9.17, 15) is 19.8 Å². The number of hydrogen-bond acceptors (Lipinski definition) is 5. The Hall–Kier alpha value is -1.66. The second-order valence-electron chi connectivity index (χ2n) is 14.7. The predicted octanol–water partition coefficient (Wildman–Crippen LogP) is 12.0. The molecule has 0 spiro atoms. The van der Waals surface area contributed by atoms with E-state index in [-0.39, 0.29) is 18.5 Å². The SMILES string of the molecule is CCCCCCCCCCC/C=C/C(O)C(CO)NC(=O)CCCCCC/C=C\CCCCOC(=O)CCCCCCCCCCCCCC. The van der Waals surface area contributed by atoms with Crippen molar-refractivity contribution in [3.8, 4) is 0 Å². The quantitative estimate of drug-likeness (QED) is 0.0336. The monoisotopic (exact) mass is 706 g/mol. The summed E-state index contributed by atoms with van der Waals surface area (Å²) in [6.07, 6.45) is 44.5. The van der Waals surface area contributed by atoms with Gasteiger partial charge in [-0.05, 0) is 57.8 Å². The van der Waals surface area contributed by atoms with Gasteiger partial charge in [-0.3, -0.25) is 9.59 Å². The van der Waals surface area contributed by atoms with Gasteiger partial charge in [-0.1, -0.05) is 173 Å². The Morgan fingerprint density at radius 1 is 0.540 bits per heavy atom. The number of nitrogens with one attached hydrogen (secondary N) is 1. The van der Waals surface area contributed by atoms with Gasteiger partial charge < -0.3 is 20.3 Å². The van der Waals surface area contributed by atoms with Crippen LogP contribution in [0.2, 0.25) is 0 Å². The number of hydrogen-bond donors (Lipinski definition) is 3. The Morgan fingerprint density at radius 3 is 1.42 bits per heavy atom. The first-order valence-electron chi connectivity index (χ1n) is 21.6. The van der Waals surface area contributed by atoms with E-state index in [2.05, 4.69) is 31.3 Å². The van der Waals surface area contributed by atoms with Crippen LogP contribution in [0.25, 0.3) is 0 Å². The Bertz CT molecular complexity index is 782. The Morgan fingerprint density at radius 2 is 0.940 bits per heavy atom. The lowest BCUT2D eigenvalue weighted by Gasteiger charge is -2.20. The summed E-state index contributed by atoms with van der Waals surface area (Å²) in [6.45, 7) is 4.78. The summed E-state index contributed by atoms with van der Waals surface area (Å²) >= 11 is 0. The molecular formula is C44H83NO5. The van der Waals surface area contributed by atoms with Crippen LogP contribution in [-0.4, -0.2) is 47.4 Å². The van der Waals surface area contributed by atoms with Crippen molar-refractivity contribution < 1.29 is 24.5 Å². The Labute approximate surface area is 310 Å². The van der Waals surface area contributed by atoms with Crippen LogP contribution in [0, 0.1) is 0 Å². The van der Waals surface area contributed by atoms with Gasteiger partial charge in [0.25, 0.3) is 0 Å². The van der Waals surface area contributed by atoms with Crippen LogP contribution >= 0.6 is 0 Å². The zero-order valence-electron chi connectivity index (χ0n) is 33.1. The van der Waals surface area contributed by atoms with Crippen LogP contribution in [-0.2, 0) is 14.3 Å². The van der Waals surface area contributed by atoms with Crippen LogP contribution in [0.1, 0.15) is 219 Å². The lowest BCUT2D eigenvalue weighted by molar-refractivity contribution is -0.143. The summed E-state index contributed by atoms with van der Waals surface area (Å²) < 4.78 is 5.40. The minimum Gasteiger partial charge on any atom is -0.466 e. The highest BCUT2D eigenvalue weighted by atomic mass is 16.5. The summed E-state index contributed by atoms with van der Waals surface area (Å²) in [5.41, 5.74) is 0. The molecule has 0 fully saturated rings. The Kier molecular flexibility index (Phi) is 38.8. The maximum absolute atomic E-state index is 12.3. The molecule has 0 saturated heterocycles. The molecule has 6 nitrogen and oxygen atoms in total. The summed E-state index contributed by atoms with van der Waals surface area (Å²) in [7, 11) is 0. The number of aliphatic hydroxyl groups is 2. The van der Waals surface area contributed by atoms with Crippen LogP contribution in [0.5, 0.6) is 0 Å². The number of aliphatic hydroxyl groups excluding tert-OH is 2. The molecule has 1 amide bonds. The van der Waals surface area contributed by atoms with Crippen LogP contribution in [0.3, 0.4) is 0 Å². The molecule has 0 aliphatic rings. The molecule has 0 heterocycles. The van der Waals surface area contributed by atoms with Crippen molar-refractivity contribution in [2.24, 2.45) is 0 Å². The average Bonchev–Trinajstić information content (AvgIpc) is 3.11. The molecule has 2 atom stereocenters. The van der Waals surface area contributed by atoms with Crippen molar-refractivity contribution in [2.45, 2.75) is 231 Å². The second-order valence-corrected chi connectivity index (χ2v) is 14.7. The lowest BCUT2D eigenvalue weighted by Crippen LogP contribution is -2.45. The molecule has 0 radical (unpaired) electrons. The smallest absolute Gasteiger partial charge is 0.305 e. The molecule has 0 aromatic rings. The number of carbonyl (C=O) groups excluding carboxylic acids is 2. The summed E-state index contributed by atoms with van der Waals surface area (Å²) in [5, 5.41) is 22.9. The molecular weight excluding hydrogens is 622 g/mol. The number of ether oxygens (including phenoxy) is 1. The minimum absolute atomic E-state index is 0.0390. The van der Waals surface area contributed by atoms with Crippen LogP contribution in [0.4, 0.5) is 0 Å². The van der Waals surface area contributed by atoms with Crippen LogP contribution in [0.15, 0.2) is 24.3 Å². The fraction of sp³-hybridized carbons (Fsp3) is 0.864. The molecule has 2 unspecified atom stereocenters. The minimum atomic E-state index is -0.863. The van der Waals surface area contributed by atoms with Gasteiger partial charge in [0.2, 0.25) is 5.91 Å². The highest BCUT2D eigenvalue weighted by molar-refractivity contribution is 5.76. The van der Waals surface area contributed by atoms with E-state index < -0.39 is 12.1 Å². The van der Waals surface area contributed by atoms with E-state index in [1.54, 1.807) is 6.08 Å². The second kappa shape index (κ2) is 40.1. The van der Waals surface area contributed by atoms with Crippen molar-refractivity contribution in [3.05, 3.63) is 24.3 Å². The topological polar surface area (TPSA) is 95.9 Å². The third-order valence-electron chi connectivity index (χ3n) is 9.72. The number of rotatable bonds is 39. The number of allylic oxidation sites excluding steroid dienone is 3. The fourth-order valence-electron chi connectivity index (χ4n) is 6.33. The first-order chi connectivity index (χ1) is 24.5. The molecule has 50 heavy (non-hydrogen) atoms. The van der Waals surface area contributed by atoms with Gasteiger partial charge in [0.15, 0.2) is 0 Å². The third kappa shape index (κ3) is 36.1. The zero-order chi connectivity index (χ0) is 36.6. The van der Waals surface area contributed by atoms with Gasteiger partial charge in [0.05, 0.1) is 25.4 Å². The number of carbonyl (C=O) groups is 2. The van der Waals surface area contributed by atoms with Crippen LogP contribution < -0.4 is 5.32 Å². The van der Waals surface area contributed by atoms with Gasteiger partial charge in [0, 0.05) is 12.8 Å². The van der Waals surface area contributed by atoms with Gasteiger partial charge >= 0.3 is 5.97 Å². The van der Waals surface area contributed by atoms with Crippen molar-refractivity contribution in [1.29, 1.82) is 0 Å². The largest absolute Gasteiger partial charge is 0.466 e. The standard InChI is InChI=1S/C44H83NO5/c1-3-5-7-9-11-13-15-17-22-26-30-34-38-44(49)50-39-35-31-27-23-19-18-21-25-29-33-37-43(48)45-41(40-46)42(47)36-32-28-24-20-16-14-12-10-8-6-4-2/h19,23,32,36,41-42,46-47H,3-18,20-22,24-31,33-35,37-40H2,1-2H3,(H,45,48)/b23-19-,36-32+. The summed E-state index contributed by atoms with van der Waals surface area (Å²) in [4.78, 5) is 24.3. The molecule has 0 aromatic carbocycles. The molecule has 0 saturated carbocycles. The van der Waals surface area contributed by atoms with Crippen molar-refractivity contribution in [1.82, 2.24) is 5.32 Å². The van der Waals surface area contributed by atoms with E-state index in [1.807, 2.05) is 6.08 Å². The number of unbranched alkanes of at least 4 members (excludes halogenated alkanes) is 26. The maximum atomic E-state index is 12.3. The summed E-state index contributed by atoms with van der Waals surface area (Å²) in [5.74, 6) is -0.145. The lowest BCUT2D eigenvalue weighted by atomic mass is 10.0. The highest BCUT2D eigenvalue weighted by Gasteiger charge is 2.17. The fourth-order valence-corrected chi connectivity index (χ4v) is 6.33. The van der Waals surface area contributed by atoms with Crippen molar-refractivity contribution in [2.75, 3.05) is 13.2 Å². The first kappa shape index (κ1) is 48.3. The predicted molar refractivity (Wildman–Crippen MR) is 213 cm³/mol. The zero-order valence-corrected chi connectivity index (χ0v) is 33.1. The normalized spacial score (nSPS) is 13.0. The molecule has 0 aliphatic carbocycles.